The predicted octanol–water partition coefficient (Wildman–Crippen LogP) is 3.88. The molecule has 0 unspecified atom stereocenters. The lowest BCUT2D eigenvalue weighted by atomic mass is 10.1. The number of carbonyl (C=O) groups is 1. The summed E-state index contributed by atoms with van der Waals surface area (Å²) in [6.07, 6.45) is -4.90. The molecule has 148 valence electrons. The van der Waals surface area contributed by atoms with Gasteiger partial charge in [0.05, 0.1) is 10.5 Å². The second kappa shape index (κ2) is 8.65. The van der Waals surface area contributed by atoms with E-state index in [1.54, 1.807) is 6.07 Å². The molecule has 7 nitrogen and oxygen atoms in total. The maximum atomic E-state index is 12.4. The lowest BCUT2D eigenvalue weighted by molar-refractivity contribution is -0.384. The van der Waals surface area contributed by atoms with Crippen molar-refractivity contribution in [1.82, 2.24) is 5.32 Å². The van der Waals surface area contributed by atoms with E-state index >= 15 is 0 Å². The summed E-state index contributed by atoms with van der Waals surface area (Å²) in [5.74, 6) is -1.29. The topological polar surface area (TPSA) is 90.7 Å². The van der Waals surface area contributed by atoms with E-state index in [9.17, 15) is 28.1 Å². The molecule has 0 heterocycles. The van der Waals surface area contributed by atoms with Crippen molar-refractivity contribution in [2.24, 2.45) is 0 Å². The smallest absolute Gasteiger partial charge is 0.426 e. The Labute approximate surface area is 162 Å². The van der Waals surface area contributed by atoms with Crippen LogP contribution >= 0.6 is 12.2 Å². The molecule has 0 aromatic heterocycles. The lowest BCUT2D eigenvalue weighted by Gasteiger charge is -2.15. The van der Waals surface area contributed by atoms with Crippen LogP contribution in [0.15, 0.2) is 42.5 Å². The Morgan fingerprint density at radius 1 is 1.25 bits per heavy atom. The van der Waals surface area contributed by atoms with Gasteiger partial charge in [-0.15, -0.1) is 13.2 Å². The molecule has 0 saturated carbocycles. The Hall–Kier alpha value is -3.21. The fraction of sp³-hybridized carbons (Fsp3) is 0.176. The van der Waals surface area contributed by atoms with Gasteiger partial charge in [-0.25, -0.2) is 0 Å². The Morgan fingerprint density at radius 2 is 1.96 bits per heavy atom. The Kier molecular flexibility index (Phi) is 6.52. The van der Waals surface area contributed by atoms with Gasteiger partial charge in [0.2, 0.25) is 0 Å². The summed E-state index contributed by atoms with van der Waals surface area (Å²) in [7, 11) is 0. The number of nitro benzene ring substituents is 1. The molecule has 2 aromatic carbocycles. The lowest BCUT2D eigenvalue weighted by Crippen LogP contribution is -2.23. The maximum Gasteiger partial charge on any atom is 0.573 e. The monoisotopic (exact) mass is 414 g/mol. The number of esters is 1. The highest BCUT2D eigenvalue weighted by Crippen LogP contribution is 2.29. The van der Waals surface area contributed by atoms with E-state index in [-0.39, 0.29) is 28.5 Å². The Balaban J connectivity index is 2.23. The summed E-state index contributed by atoms with van der Waals surface area (Å²) in [6.45, 7) is 1.19. The van der Waals surface area contributed by atoms with Crippen LogP contribution in [0, 0.1) is 10.1 Å². The zero-order valence-electron chi connectivity index (χ0n) is 14.3. The normalized spacial score (nSPS) is 10.9. The fourth-order valence-corrected chi connectivity index (χ4v) is 2.42. The predicted molar refractivity (Wildman–Crippen MR) is 96.1 cm³/mol. The van der Waals surface area contributed by atoms with Crippen molar-refractivity contribution in [3.05, 3.63) is 63.7 Å². The Morgan fingerprint density at radius 3 is 2.57 bits per heavy atom. The van der Waals surface area contributed by atoms with Crippen LogP contribution in [0.2, 0.25) is 0 Å². The number of alkyl halides is 3. The maximum absolute atomic E-state index is 12.4. The second-order valence-electron chi connectivity index (χ2n) is 5.41. The number of hydrogen-bond donors (Lipinski definition) is 1. The van der Waals surface area contributed by atoms with Crippen LogP contribution in [-0.2, 0) is 11.3 Å². The SMILES string of the molecule is CC(=O)Oc1ccc(OC(F)(F)F)cc1C(=S)NCc1cccc([N+](=O)[O-])c1. The van der Waals surface area contributed by atoms with E-state index < -0.39 is 23.0 Å². The first-order valence-corrected chi connectivity index (χ1v) is 8.06. The number of thiocarbonyl (C=S) groups is 1. The molecule has 0 aliphatic carbocycles. The number of nitro groups is 1. The molecule has 2 aromatic rings. The molecule has 0 aliphatic heterocycles. The van der Waals surface area contributed by atoms with Crippen LogP contribution in [-0.4, -0.2) is 22.2 Å². The highest BCUT2D eigenvalue weighted by molar-refractivity contribution is 7.80. The quantitative estimate of drug-likeness (QED) is 0.252. The third-order valence-corrected chi connectivity index (χ3v) is 3.62. The van der Waals surface area contributed by atoms with Crippen LogP contribution in [0.5, 0.6) is 11.5 Å². The summed E-state index contributed by atoms with van der Waals surface area (Å²) in [5.41, 5.74) is 0.400. The van der Waals surface area contributed by atoms with E-state index in [0.29, 0.717) is 5.56 Å². The van der Waals surface area contributed by atoms with Crippen molar-refractivity contribution in [3.8, 4) is 11.5 Å². The molecule has 0 fully saturated rings. The van der Waals surface area contributed by atoms with E-state index in [4.69, 9.17) is 17.0 Å². The van der Waals surface area contributed by atoms with Gasteiger partial charge in [-0.2, -0.15) is 0 Å². The summed E-state index contributed by atoms with van der Waals surface area (Å²) >= 11 is 5.17. The van der Waals surface area contributed by atoms with Crippen LogP contribution in [0.4, 0.5) is 18.9 Å². The first kappa shape index (κ1) is 21.1. The molecule has 0 spiro atoms. The molecule has 0 aliphatic rings. The summed E-state index contributed by atoms with van der Waals surface area (Å²) in [6, 6.07) is 8.83. The minimum atomic E-state index is -4.90. The minimum Gasteiger partial charge on any atom is -0.426 e. The van der Waals surface area contributed by atoms with Crippen LogP contribution in [0.3, 0.4) is 0 Å². The van der Waals surface area contributed by atoms with Crippen molar-refractivity contribution in [3.63, 3.8) is 0 Å². The van der Waals surface area contributed by atoms with Gasteiger partial charge < -0.3 is 14.8 Å². The molecule has 11 heteroatoms. The first-order valence-electron chi connectivity index (χ1n) is 7.65. The Bertz CT molecular complexity index is 918. The van der Waals surface area contributed by atoms with E-state index in [0.717, 1.165) is 25.1 Å². The van der Waals surface area contributed by atoms with Crippen molar-refractivity contribution < 1.29 is 32.4 Å². The van der Waals surface area contributed by atoms with Crippen molar-refractivity contribution >= 4 is 28.9 Å². The third-order valence-electron chi connectivity index (χ3n) is 3.26. The highest BCUT2D eigenvalue weighted by Gasteiger charge is 2.31. The number of nitrogens with zero attached hydrogens (tertiary/aromatic N) is 1. The molecule has 28 heavy (non-hydrogen) atoms. The number of carbonyl (C=O) groups excluding carboxylic acids is 1. The van der Waals surface area contributed by atoms with Gasteiger partial charge in [0, 0.05) is 25.6 Å². The average molecular weight is 414 g/mol. The molecule has 0 amide bonds. The number of nitrogens with one attached hydrogen (secondary N) is 1. The number of rotatable bonds is 6. The average Bonchev–Trinajstić information content (AvgIpc) is 2.59. The van der Waals surface area contributed by atoms with Crippen molar-refractivity contribution in [2.75, 3.05) is 0 Å². The molecule has 2 rings (SSSR count). The number of ether oxygens (including phenoxy) is 2. The van der Waals surface area contributed by atoms with Crippen LogP contribution < -0.4 is 14.8 Å². The molecule has 0 radical (unpaired) electrons. The zero-order valence-corrected chi connectivity index (χ0v) is 15.1. The van der Waals surface area contributed by atoms with Gasteiger partial charge in [0.15, 0.2) is 0 Å². The van der Waals surface area contributed by atoms with Gasteiger partial charge in [0.1, 0.15) is 16.5 Å². The largest absolute Gasteiger partial charge is 0.573 e. The highest BCUT2D eigenvalue weighted by atomic mass is 32.1. The first-order chi connectivity index (χ1) is 13.0. The molecule has 0 atom stereocenters. The number of non-ortho nitro benzene ring substituents is 1. The summed E-state index contributed by atoms with van der Waals surface area (Å²) in [5, 5.41) is 13.6. The van der Waals surface area contributed by atoms with Gasteiger partial charge in [-0.05, 0) is 23.8 Å². The van der Waals surface area contributed by atoms with E-state index in [1.807, 2.05) is 0 Å². The van der Waals surface area contributed by atoms with Crippen molar-refractivity contribution in [1.29, 1.82) is 0 Å². The molecular weight excluding hydrogens is 401 g/mol. The van der Waals surface area contributed by atoms with Crippen molar-refractivity contribution in [2.45, 2.75) is 19.8 Å². The van der Waals surface area contributed by atoms with Gasteiger partial charge in [0.25, 0.3) is 5.69 Å². The second-order valence-corrected chi connectivity index (χ2v) is 5.82. The molecular formula is C17H13F3N2O5S. The van der Waals surface area contributed by atoms with Gasteiger partial charge in [-0.3, -0.25) is 14.9 Å². The zero-order chi connectivity index (χ0) is 20.9. The van der Waals surface area contributed by atoms with Crippen LogP contribution in [0.1, 0.15) is 18.1 Å². The fourth-order valence-electron chi connectivity index (χ4n) is 2.19. The molecule has 0 saturated heterocycles. The number of benzene rings is 2. The number of halogens is 3. The van der Waals surface area contributed by atoms with E-state index in [1.165, 1.54) is 18.2 Å². The minimum absolute atomic E-state index is 0.00243. The van der Waals surface area contributed by atoms with Crippen LogP contribution in [0.25, 0.3) is 0 Å². The summed E-state index contributed by atoms with van der Waals surface area (Å²) < 4.78 is 46.2. The number of hydrogen-bond acceptors (Lipinski definition) is 6. The molecule has 1 N–H and O–H groups in total. The molecule has 0 bridgehead atoms. The summed E-state index contributed by atoms with van der Waals surface area (Å²) in [4.78, 5) is 21.4. The van der Waals surface area contributed by atoms with Gasteiger partial charge >= 0.3 is 12.3 Å². The van der Waals surface area contributed by atoms with Gasteiger partial charge in [-0.1, -0.05) is 24.4 Å². The van der Waals surface area contributed by atoms with E-state index in [2.05, 4.69) is 10.1 Å². The standard InChI is InChI=1S/C17H13F3N2O5S/c1-10(23)26-15-6-5-13(27-17(18,19)20)8-14(15)16(28)21-9-11-3-2-4-12(7-11)22(24)25/h2-8H,9H2,1H3,(H,21,28). The third kappa shape index (κ3) is 6.20.